The SMILES string of the molecule is CC(C)(C)C(=O)N[C@@H](CCOc1ccc(-c2cccc(-c3cccc4c3oc3ccccc34)c2)cc1)C(=O)O. The fourth-order valence-corrected chi connectivity index (χ4v) is 4.51. The third kappa shape index (κ3) is 5.65. The van der Waals surface area contributed by atoms with Crippen molar-refractivity contribution in [3.8, 4) is 28.0 Å². The highest BCUT2D eigenvalue weighted by atomic mass is 16.5. The second kappa shape index (κ2) is 10.7. The van der Waals surface area contributed by atoms with Gasteiger partial charge in [0.25, 0.3) is 0 Å². The summed E-state index contributed by atoms with van der Waals surface area (Å²) in [6.45, 7) is 5.40. The summed E-state index contributed by atoms with van der Waals surface area (Å²) in [4.78, 5) is 23.8. The second-order valence-corrected chi connectivity index (χ2v) is 10.6. The highest BCUT2D eigenvalue weighted by Crippen LogP contribution is 2.37. The minimum absolute atomic E-state index is 0.161. The fourth-order valence-electron chi connectivity index (χ4n) is 4.51. The largest absolute Gasteiger partial charge is 0.494 e. The van der Waals surface area contributed by atoms with Crippen LogP contribution in [0, 0.1) is 5.41 Å². The van der Waals surface area contributed by atoms with E-state index >= 15 is 0 Å². The van der Waals surface area contributed by atoms with Gasteiger partial charge in [-0.2, -0.15) is 0 Å². The number of ether oxygens (including phenoxy) is 1. The van der Waals surface area contributed by atoms with E-state index < -0.39 is 17.4 Å². The van der Waals surface area contributed by atoms with Crippen molar-refractivity contribution in [2.24, 2.45) is 5.41 Å². The number of hydrogen-bond acceptors (Lipinski definition) is 4. The van der Waals surface area contributed by atoms with Gasteiger partial charge >= 0.3 is 5.97 Å². The molecule has 0 aliphatic carbocycles. The van der Waals surface area contributed by atoms with Gasteiger partial charge in [0, 0.05) is 28.2 Å². The fraction of sp³-hybridized carbons (Fsp3) is 0.212. The molecule has 1 aromatic heterocycles. The number of aliphatic carboxylic acids is 1. The number of carbonyl (C=O) groups excluding carboxylic acids is 1. The first-order valence-electron chi connectivity index (χ1n) is 13.0. The number of carboxylic acid groups (broad SMARTS) is 1. The molecule has 198 valence electrons. The van der Waals surface area contributed by atoms with Gasteiger partial charge in [0.05, 0.1) is 6.61 Å². The zero-order valence-corrected chi connectivity index (χ0v) is 22.2. The van der Waals surface area contributed by atoms with Crippen LogP contribution >= 0.6 is 0 Å². The molecule has 0 radical (unpaired) electrons. The number of amides is 1. The highest BCUT2D eigenvalue weighted by Gasteiger charge is 2.27. The first-order valence-corrected chi connectivity index (χ1v) is 13.0. The first-order chi connectivity index (χ1) is 18.7. The maximum absolute atomic E-state index is 12.2. The monoisotopic (exact) mass is 521 g/mol. The zero-order valence-electron chi connectivity index (χ0n) is 22.2. The average Bonchev–Trinajstić information content (AvgIpc) is 3.31. The molecule has 0 saturated heterocycles. The summed E-state index contributed by atoms with van der Waals surface area (Å²) in [7, 11) is 0. The van der Waals surface area contributed by atoms with Crippen LogP contribution in [-0.4, -0.2) is 29.6 Å². The molecule has 1 heterocycles. The van der Waals surface area contributed by atoms with Gasteiger partial charge in [-0.15, -0.1) is 0 Å². The van der Waals surface area contributed by atoms with Crippen LogP contribution in [0.3, 0.4) is 0 Å². The van der Waals surface area contributed by atoms with E-state index in [4.69, 9.17) is 9.15 Å². The molecule has 0 saturated carbocycles. The van der Waals surface area contributed by atoms with E-state index in [1.807, 2.05) is 48.5 Å². The van der Waals surface area contributed by atoms with E-state index in [1.54, 1.807) is 20.8 Å². The molecule has 5 aromatic rings. The first kappa shape index (κ1) is 26.0. The van der Waals surface area contributed by atoms with Gasteiger partial charge in [-0.1, -0.05) is 87.5 Å². The molecule has 1 amide bonds. The molecular weight excluding hydrogens is 490 g/mol. The average molecular weight is 522 g/mol. The summed E-state index contributed by atoms with van der Waals surface area (Å²) in [6, 6.07) is 29.3. The number of carbonyl (C=O) groups is 2. The lowest BCUT2D eigenvalue weighted by Gasteiger charge is -2.22. The van der Waals surface area contributed by atoms with Crippen LogP contribution in [0.1, 0.15) is 27.2 Å². The van der Waals surface area contributed by atoms with E-state index in [0.717, 1.165) is 44.2 Å². The van der Waals surface area contributed by atoms with Crippen LogP contribution in [0.2, 0.25) is 0 Å². The van der Waals surface area contributed by atoms with Crippen LogP contribution in [-0.2, 0) is 9.59 Å². The second-order valence-electron chi connectivity index (χ2n) is 10.6. The van der Waals surface area contributed by atoms with Crippen LogP contribution in [0.25, 0.3) is 44.2 Å². The summed E-state index contributed by atoms with van der Waals surface area (Å²) in [5.41, 5.74) is 5.27. The van der Waals surface area contributed by atoms with Crippen molar-refractivity contribution in [1.82, 2.24) is 5.32 Å². The smallest absolute Gasteiger partial charge is 0.326 e. The van der Waals surface area contributed by atoms with Crippen molar-refractivity contribution in [2.45, 2.75) is 33.2 Å². The molecular formula is C33H31NO5. The normalized spacial score (nSPS) is 12.4. The summed E-state index contributed by atoms with van der Waals surface area (Å²) >= 11 is 0. The standard InChI is InChI=1S/C33H31NO5/c1-33(2,3)32(37)34-28(31(35)36)18-19-38-24-16-14-21(15-17-24)22-8-6-9-23(20-22)25-11-7-12-27-26-10-4-5-13-29(26)39-30(25)27/h4-17,20,28H,18-19H2,1-3H3,(H,34,37)(H,35,36)/t28-/m0/s1. The Morgan fingerprint density at radius 3 is 2.28 bits per heavy atom. The van der Waals surface area contributed by atoms with E-state index in [0.29, 0.717) is 5.75 Å². The van der Waals surface area contributed by atoms with Gasteiger partial charge in [-0.05, 0) is 41.0 Å². The van der Waals surface area contributed by atoms with Gasteiger partial charge in [0.15, 0.2) is 0 Å². The Bertz CT molecular complexity index is 1640. The molecule has 2 N–H and O–H groups in total. The van der Waals surface area contributed by atoms with Crippen molar-refractivity contribution in [2.75, 3.05) is 6.61 Å². The van der Waals surface area contributed by atoms with E-state index in [9.17, 15) is 14.7 Å². The number of fused-ring (bicyclic) bond motifs is 3. The maximum atomic E-state index is 12.2. The summed E-state index contributed by atoms with van der Waals surface area (Å²) in [6.07, 6.45) is 0.161. The van der Waals surface area contributed by atoms with Crippen LogP contribution < -0.4 is 10.1 Å². The van der Waals surface area contributed by atoms with Crippen LogP contribution in [0.15, 0.2) is 95.4 Å². The van der Waals surface area contributed by atoms with Crippen molar-refractivity contribution >= 4 is 33.8 Å². The maximum Gasteiger partial charge on any atom is 0.326 e. The number of furan rings is 1. The minimum atomic E-state index is -1.08. The molecule has 1 atom stereocenters. The number of nitrogens with one attached hydrogen (secondary N) is 1. The van der Waals surface area contributed by atoms with Gasteiger partial charge in [-0.25, -0.2) is 4.79 Å². The van der Waals surface area contributed by atoms with Crippen LogP contribution in [0.4, 0.5) is 0 Å². The van der Waals surface area contributed by atoms with Gasteiger partial charge in [0.1, 0.15) is 23.0 Å². The lowest BCUT2D eigenvalue weighted by atomic mass is 9.95. The molecule has 0 unspecified atom stereocenters. The number of carboxylic acids is 1. The van der Waals surface area contributed by atoms with E-state index in [1.165, 1.54) is 0 Å². The lowest BCUT2D eigenvalue weighted by Crippen LogP contribution is -2.46. The Morgan fingerprint density at radius 2 is 1.54 bits per heavy atom. The summed E-state index contributed by atoms with van der Waals surface area (Å²) in [5, 5.41) is 14.3. The molecule has 4 aromatic carbocycles. The summed E-state index contributed by atoms with van der Waals surface area (Å²) in [5.74, 6) is -0.754. The summed E-state index contributed by atoms with van der Waals surface area (Å²) < 4.78 is 12.0. The predicted molar refractivity (Wildman–Crippen MR) is 154 cm³/mol. The van der Waals surface area contributed by atoms with Gasteiger partial charge in [0.2, 0.25) is 5.91 Å². The Labute approximate surface area is 227 Å². The van der Waals surface area contributed by atoms with Gasteiger partial charge < -0.3 is 19.6 Å². The molecule has 5 rings (SSSR count). The number of hydrogen-bond donors (Lipinski definition) is 2. The topological polar surface area (TPSA) is 88.8 Å². The molecule has 0 spiro atoms. The Kier molecular flexibility index (Phi) is 7.11. The molecule has 6 heteroatoms. The Balaban J connectivity index is 1.29. The van der Waals surface area contributed by atoms with Crippen molar-refractivity contribution < 1.29 is 23.8 Å². The molecule has 6 nitrogen and oxygen atoms in total. The van der Waals surface area contributed by atoms with Crippen molar-refractivity contribution in [3.05, 3.63) is 91.0 Å². The van der Waals surface area contributed by atoms with E-state index in [2.05, 4.69) is 47.8 Å². The van der Waals surface area contributed by atoms with Gasteiger partial charge in [-0.3, -0.25) is 4.79 Å². The molecule has 0 aliphatic heterocycles. The van der Waals surface area contributed by atoms with Crippen molar-refractivity contribution in [3.63, 3.8) is 0 Å². The third-order valence-corrected chi connectivity index (χ3v) is 6.73. The number of benzene rings is 4. The lowest BCUT2D eigenvalue weighted by molar-refractivity contribution is -0.143. The Hall–Kier alpha value is -4.58. The molecule has 0 aliphatic rings. The molecule has 0 bridgehead atoms. The third-order valence-electron chi connectivity index (χ3n) is 6.73. The molecule has 0 fully saturated rings. The van der Waals surface area contributed by atoms with Crippen molar-refractivity contribution in [1.29, 1.82) is 0 Å². The Morgan fingerprint density at radius 1 is 0.846 bits per heavy atom. The predicted octanol–water partition coefficient (Wildman–Crippen LogP) is 7.30. The quantitative estimate of drug-likeness (QED) is 0.224. The highest BCUT2D eigenvalue weighted by molar-refractivity contribution is 6.09. The number of para-hydroxylation sites is 2. The zero-order chi connectivity index (χ0) is 27.6. The van der Waals surface area contributed by atoms with E-state index in [-0.39, 0.29) is 18.9 Å². The molecule has 39 heavy (non-hydrogen) atoms. The van der Waals surface area contributed by atoms with Crippen LogP contribution in [0.5, 0.6) is 5.75 Å². The minimum Gasteiger partial charge on any atom is -0.494 e. The number of rotatable bonds is 8.